The summed E-state index contributed by atoms with van der Waals surface area (Å²) in [7, 11) is 0. The fraction of sp³-hybridized carbons (Fsp3) is 0.467. The summed E-state index contributed by atoms with van der Waals surface area (Å²) in [5.41, 5.74) is 0.283. The Balaban J connectivity index is 2.08. The zero-order valence-electron chi connectivity index (χ0n) is 12.2. The number of piperazine rings is 1. The van der Waals surface area contributed by atoms with E-state index in [1.54, 1.807) is 36.9 Å². The van der Waals surface area contributed by atoms with Gasteiger partial charge in [0, 0.05) is 13.1 Å². The molecule has 21 heavy (non-hydrogen) atoms. The summed E-state index contributed by atoms with van der Waals surface area (Å²) < 4.78 is 18.7. The van der Waals surface area contributed by atoms with Crippen molar-refractivity contribution in [1.82, 2.24) is 4.90 Å². The van der Waals surface area contributed by atoms with E-state index >= 15 is 0 Å². The first-order valence-electron chi connectivity index (χ1n) is 7.00. The molecule has 1 aromatic carbocycles. The van der Waals surface area contributed by atoms with Crippen molar-refractivity contribution in [2.45, 2.75) is 19.9 Å². The van der Waals surface area contributed by atoms with Gasteiger partial charge in [0.15, 0.2) is 0 Å². The fourth-order valence-corrected chi connectivity index (χ4v) is 2.41. The highest BCUT2D eigenvalue weighted by Crippen LogP contribution is 2.23. The van der Waals surface area contributed by atoms with Crippen LogP contribution in [0.2, 0.25) is 0 Å². The van der Waals surface area contributed by atoms with Gasteiger partial charge in [-0.05, 0) is 26.0 Å². The SMILES string of the molecule is CCOC(=O)CN1CCN(c2ccccc2F)C(=O)C1C. The zero-order valence-corrected chi connectivity index (χ0v) is 12.2. The highest BCUT2D eigenvalue weighted by atomic mass is 19.1. The topological polar surface area (TPSA) is 49.9 Å². The summed E-state index contributed by atoms with van der Waals surface area (Å²) >= 11 is 0. The minimum atomic E-state index is -0.484. The lowest BCUT2D eigenvalue weighted by Crippen LogP contribution is -2.57. The lowest BCUT2D eigenvalue weighted by molar-refractivity contribution is -0.145. The lowest BCUT2D eigenvalue weighted by atomic mass is 10.1. The molecular weight excluding hydrogens is 275 g/mol. The summed E-state index contributed by atoms with van der Waals surface area (Å²) in [6, 6.07) is 5.72. The highest BCUT2D eigenvalue weighted by Gasteiger charge is 2.34. The number of halogens is 1. The predicted molar refractivity (Wildman–Crippen MR) is 76.4 cm³/mol. The van der Waals surface area contributed by atoms with E-state index in [9.17, 15) is 14.0 Å². The molecule has 0 radical (unpaired) electrons. The molecule has 0 N–H and O–H groups in total. The highest BCUT2D eigenvalue weighted by molar-refractivity contribution is 5.98. The molecule has 6 heteroatoms. The Morgan fingerprint density at radius 3 is 2.76 bits per heavy atom. The second kappa shape index (κ2) is 6.67. The number of hydrogen-bond acceptors (Lipinski definition) is 4. The van der Waals surface area contributed by atoms with E-state index in [2.05, 4.69) is 0 Å². The quantitative estimate of drug-likeness (QED) is 0.788. The number of hydrogen-bond donors (Lipinski definition) is 0. The molecule has 1 amide bonds. The van der Waals surface area contributed by atoms with Crippen LogP contribution >= 0.6 is 0 Å². The van der Waals surface area contributed by atoms with E-state index in [4.69, 9.17) is 4.74 Å². The first kappa shape index (κ1) is 15.4. The smallest absolute Gasteiger partial charge is 0.320 e. The van der Waals surface area contributed by atoms with Crippen LogP contribution < -0.4 is 4.90 Å². The number of benzene rings is 1. The van der Waals surface area contributed by atoms with E-state index < -0.39 is 11.9 Å². The molecular formula is C15H19FN2O3. The summed E-state index contributed by atoms with van der Waals surface area (Å²) in [4.78, 5) is 27.1. The van der Waals surface area contributed by atoms with Crippen LogP contribution in [0.3, 0.4) is 0 Å². The van der Waals surface area contributed by atoms with Crippen LogP contribution in [0.5, 0.6) is 0 Å². The van der Waals surface area contributed by atoms with Gasteiger partial charge in [-0.3, -0.25) is 14.5 Å². The van der Waals surface area contributed by atoms with E-state index in [0.29, 0.717) is 19.7 Å². The van der Waals surface area contributed by atoms with Gasteiger partial charge >= 0.3 is 5.97 Å². The molecule has 1 heterocycles. The molecule has 5 nitrogen and oxygen atoms in total. The number of esters is 1. The molecule has 1 aromatic rings. The number of rotatable bonds is 4. The molecule has 0 bridgehead atoms. The molecule has 114 valence electrons. The van der Waals surface area contributed by atoms with E-state index in [-0.39, 0.29) is 24.1 Å². The number of carbonyl (C=O) groups is 2. The molecule has 1 aliphatic rings. The molecule has 0 aromatic heterocycles. The maximum absolute atomic E-state index is 13.8. The fourth-order valence-electron chi connectivity index (χ4n) is 2.41. The van der Waals surface area contributed by atoms with Crippen LogP contribution in [0.15, 0.2) is 24.3 Å². The van der Waals surface area contributed by atoms with E-state index in [0.717, 1.165) is 0 Å². The first-order chi connectivity index (χ1) is 10.0. The average molecular weight is 294 g/mol. The number of anilines is 1. The lowest BCUT2D eigenvalue weighted by Gasteiger charge is -2.38. The van der Waals surface area contributed by atoms with Gasteiger partial charge in [-0.25, -0.2) is 4.39 Å². The van der Waals surface area contributed by atoms with Crippen LogP contribution in [0, 0.1) is 5.82 Å². The van der Waals surface area contributed by atoms with Crippen LogP contribution in [0.4, 0.5) is 10.1 Å². The Labute approximate surface area is 123 Å². The van der Waals surface area contributed by atoms with Gasteiger partial charge in [0.2, 0.25) is 5.91 Å². The number of nitrogens with zero attached hydrogens (tertiary/aromatic N) is 2. The minimum Gasteiger partial charge on any atom is -0.465 e. The molecule has 0 saturated carbocycles. The van der Waals surface area contributed by atoms with Crippen LogP contribution in [0.25, 0.3) is 0 Å². The van der Waals surface area contributed by atoms with Crippen molar-refractivity contribution in [2.75, 3.05) is 31.1 Å². The molecule has 0 aliphatic carbocycles. The standard InChI is InChI=1S/C15H19FN2O3/c1-3-21-14(19)10-17-8-9-18(15(20)11(17)2)13-7-5-4-6-12(13)16/h4-7,11H,3,8-10H2,1-2H3. The van der Waals surface area contributed by atoms with Crippen molar-refractivity contribution < 1.29 is 18.7 Å². The van der Waals surface area contributed by atoms with Crippen molar-refractivity contribution >= 4 is 17.6 Å². The Hall–Kier alpha value is -1.95. The second-order valence-corrected chi connectivity index (χ2v) is 4.89. The van der Waals surface area contributed by atoms with Crippen LogP contribution in [0.1, 0.15) is 13.8 Å². The van der Waals surface area contributed by atoms with Crippen LogP contribution in [-0.2, 0) is 14.3 Å². The maximum atomic E-state index is 13.8. The van der Waals surface area contributed by atoms with Gasteiger partial charge in [-0.2, -0.15) is 0 Å². The van der Waals surface area contributed by atoms with Gasteiger partial charge in [-0.1, -0.05) is 12.1 Å². The van der Waals surface area contributed by atoms with Crippen molar-refractivity contribution in [3.8, 4) is 0 Å². The first-order valence-corrected chi connectivity index (χ1v) is 7.00. The van der Waals surface area contributed by atoms with E-state index in [1.165, 1.54) is 11.0 Å². The summed E-state index contributed by atoms with van der Waals surface area (Å²) in [6.45, 7) is 4.70. The maximum Gasteiger partial charge on any atom is 0.320 e. The molecule has 1 aliphatic heterocycles. The minimum absolute atomic E-state index is 0.0753. The van der Waals surface area contributed by atoms with Gasteiger partial charge < -0.3 is 9.64 Å². The van der Waals surface area contributed by atoms with Crippen molar-refractivity contribution in [1.29, 1.82) is 0 Å². The van der Waals surface area contributed by atoms with Crippen molar-refractivity contribution in [2.24, 2.45) is 0 Å². The van der Waals surface area contributed by atoms with Gasteiger partial charge in [0.1, 0.15) is 5.82 Å². The molecule has 0 spiro atoms. The number of amides is 1. The Kier molecular flexibility index (Phi) is 4.90. The number of carbonyl (C=O) groups excluding carboxylic acids is 2. The Morgan fingerprint density at radius 2 is 2.10 bits per heavy atom. The third kappa shape index (κ3) is 3.39. The molecule has 1 fully saturated rings. The molecule has 1 unspecified atom stereocenters. The average Bonchev–Trinajstić information content (AvgIpc) is 2.46. The zero-order chi connectivity index (χ0) is 15.4. The predicted octanol–water partition coefficient (Wildman–Crippen LogP) is 1.43. The summed E-state index contributed by atoms with van der Waals surface area (Å²) in [6.07, 6.45) is 0. The molecule has 1 saturated heterocycles. The molecule has 1 atom stereocenters. The van der Waals surface area contributed by atoms with Crippen LogP contribution in [-0.4, -0.2) is 49.1 Å². The Bertz CT molecular complexity index is 535. The van der Waals surface area contributed by atoms with Crippen molar-refractivity contribution in [3.05, 3.63) is 30.1 Å². The molecule has 2 rings (SSSR count). The van der Waals surface area contributed by atoms with Crippen molar-refractivity contribution in [3.63, 3.8) is 0 Å². The third-order valence-electron chi connectivity index (χ3n) is 3.56. The van der Waals surface area contributed by atoms with Gasteiger partial charge in [-0.15, -0.1) is 0 Å². The third-order valence-corrected chi connectivity index (χ3v) is 3.56. The second-order valence-electron chi connectivity index (χ2n) is 4.89. The monoisotopic (exact) mass is 294 g/mol. The van der Waals surface area contributed by atoms with Gasteiger partial charge in [0.05, 0.1) is 24.9 Å². The summed E-state index contributed by atoms with van der Waals surface area (Å²) in [5, 5.41) is 0. The summed E-state index contributed by atoms with van der Waals surface area (Å²) in [5.74, 6) is -0.982. The van der Waals surface area contributed by atoms with E-state index in [1.807, 2.05) is 0 Å². The number of ether oxygens (including phenoxy) is 1. The number of para-hydroxylation sites is 1. The Morgan fingerprint density at radius 1 is 1.38 bits per heavy atom. The largest absolute Gasteiger partial charge is 0.465 e. The van der Waals surface area contributed by atoms with Gasteiger partial charge in [0.25, 0.3) is 0 Å². The normalized spacial score (nSPS) is 19.7.